The topological polar surface area (TPSA) is 64.3 Å². The SMILES string of the molecule is N#C[C@@H]1[C@@H](c2ccccc2)[C@@H](CO)N1C(=O)C1CCCC1. The van der Waals surface area contributed by atoms with Crippen LogP contribution in [0.4, 0.5) is 0 Å². The van der Waals surface area contributed by atoms with Gasteiger partial charge in [0.05, 0.1) is 18.7 Å². The van der Waals surface area contributed by atoms with Gasteiger partial charge < -0.3 is 10.0 Å². The Hall–Kier alpha value is -1.86. The summed E-state index contributed by atoms with van der Waals surface area (Å²) in [6, 6.07) is 11.3. The number of amides is 1. The summed E-state index contributed by atoms with van der Waals surface area (Å²) >= 11 is 0. The lowest BCUT2D eigenvalue weighted by atomic mass is 9.75. The van der Waals surface area contributed by atoms with Crippen LogP contribution in [0.25, 0.3) is 0 Å². The molecule has 0 aromatic heterocycles. The van der Waals surface area contributed by atoms with Gasteiger partial charge in [-0.2, -0.15) is 5.26 Å². The normalized spacial score (nSPS) is 29.0. The van der Waals surface area contributed by atoms with Gasteiger partial charge in [0.2, 0.25) is 5.91 Å². The molecule has 1 aliphatic heterocycles. The van der Waals surface area contributed by atoms with Crippen molar-refractivity contribution in [3.8, 4) is 6.07 Å². The van der Waals surface area contributed by atoms with Gasteiger partial charge in [0.15, 0.2) is 0 Å². The van der Waals surface area contributed by atoms with Crippen LogP contribution in [0, 0.1) is 17.2 Å². The van der Waals surface area contributed by atoms with Crippen LogP contribution in [0.2, 0.25) is 0 Å². The molecular weight excluding hydrogens is 264 g/mol. The lowest BCUT2D eigenvalue weighted by Gasteiger charge is -2.52. The van der Waals surface area contributed by atoms with Gasteiger partial charge in [-0.05, 0) is 18.4 Å². The Balaban J connectivity index is 1.83. The lowest BCUT2D eigenvalue weighted by molar-refractivity contribution is -0.151. The second-order valence-corrected chi connectivity index (χ2v) is 5.99. The highest BCUT2D eigenvalue weighted by Gasteiger charge is 2.52. The van der Waals surface area contributed by atoms with E-state index in [0.29, 0.717) is 0 Å². The average molecular weight is 284 g/mol. The molecule has 1 aromatic rings. The molecule has 2 fully saturated rings. The summed E-state index contributed by atoms with van der Waals surface area (Å²) in [5.41, 5.74) is 1.03. The lowest BCUT2D eigenvalue weighted by Crippen LogP contribution is -2.66. The molecule has 4 nitrogen and oxygen atoms in total. The first-order valence-electron chi connectivity index (χ1n) is 7.65. The van der Waals surface area contributed by atoms with Crippen LogP contribution < -0.4 is 0 Å². The Labute approximate surface area is 125 Å². The van der Waals surface area contributed by atoms with Gasteiger partial charge >= 0.3 is 0 Å². The maximum atomic E-state index is 12.6. The summed E-state index contributed by atoms with van der Waals surface area (Å²) in [5, 5.41) is 19.2. The average Bonchev–Trinajstić information content (AvgIpc) is 3.02. The third kappa shape index (κ3) is 2.32. The van der Waals surface area contributed by atoms with E-state index < -0.39 is 6.04 Å². The number of carbonyl (C=O) groups is 1. The Morgan fingerprint density at radius 2 is 1.95 bits per heavy atom. The summed E-state index contributed by atoms with van der Waals surface area (Å²) in [6.45, 7) is -0.0871. The molecule has 0 radical (unpaired) electrons. The first-order valence-corrected chi connectivity index (χ1v) is 7.65. The molecule has 1 heterocycles. The van der Waals surface area contributed by atoms with Crippen molar-refractivity contribution in [2.45, 2.75) is 43.7 Å². The molecule has 3 rings (SSSR count). The molecule has 1 saturated heterocycles. The molecule has 0 spiro atoms. The molecule has 1 N–H and O–H groups in total. The highest BCUT2D eigenvalue weighted by atomic mass is 16.3. The third-order valence-electron chi connectivity index (χ3n) is 4.87. The van der Waals surface area contributed by atoms with Gasteiger partial charge in [-0.3, -0.25) is 4.79 Å². The predicted octanol–water partition coefficient (Wildman–Crippen LogP) is 2.06. The Morgan fingerprint density at radius 1 is 1.29 bits per heavy atom. The van der Waals surface area contributed by atoms with Crippen molar-refractivity contribution in [1.82, 2.24) is 4.90 Å². The molecule has 2 aliphatic rings. The van der Waals surface area contributed by atoms with Crippen molar-refractivity contribution in [3.63, 3.8) is 0 Å². The van der Waals surface area contributed by atoms with Gasteiger partial charge in [0.1, 0.15) is 6.04 Å². The van der Waals surface area contributed by atoms with E-state index in [0.717, 1.165) is 31.2 Å². The van der Waals surface area contributed by atoms with E-state index in [1.165, 1.54) is 0 Å². The Morgan fingerprint density at radius 3 is 2.52 bits per heavy atom. The second kappa shape index (κ2) is 5.87. The number of benzene rings is 1. The fraction of sp³-hybridized carbons (Fsp3) is 0.529. The number of likely N-dealkylation sites (tertiary alicyclic amines) is 1. The number of hydrogen-bond donors (Lipinski definition) is 1. The molecular formula is C17H20N2O2. The first-order chi connectivity index (χ1) is 10.3. The van der Waals surface area contributed by atoms with Crippen molar-refractivity contribution in [1.29, 1.82) is 5.26 Å². The first kappa shape index (κ1) is 14.1. The minimum Gasteiger partial charge on any atom is -0.394 e. The molecule has 110 valence electrons. The number of nitriles is 1. The van der Waals surface area contributed by atoms with Crippen LogP contribution in [-0.4, -0.2) is 34.6 Å². The fourth-order valence-corrected chi connectivity index (χ4v) is 3.77. The molecule has 0 bridgehead atoms. The van der Waals surface area contributed by atoms with Crippen LogP contribution in [0.5, 0.6) is 0 Å². The van der Waals surface area contributed by atoms with Crippen molar-refractivity contribution in [2.75, 3.05) is 6.61 Å². The smallest absolute Gasteiger partial charge is 0.227 e. The number of hydrogen-bond acceptors (Lipinski definition) is 3. The second-order valence-electron chi connectivity index (χ2n) is 5.99. The van der Waals surface area contributed by atoms with Crippen LogP contribution in [0.1, 0.15) is 37.2 Å². The maximum absolute atomic E-state index is 12.6. The van der Waals surface area contributed by atoms with Gasteiger partial charge in [0.25, 0.3) is 0 Å². The summed E-state index contributed by atoms with van der Waals surface area (Å²) in [4.78, 5) is 14.2. The maximum Gasteiger partial charge on any atom is 0.227 e. The zero-order valence-electron chi connectivity index (χ0n) is 12.0. The molecule has 21 heavy (non-hydrogen) atoms. The van der Waals surface area contributed by atoms with Crippen LogP contribution in [0.15, 0.2) is 30.3 Å². The number of aliphatic hydroxyl groups is 1. The quantitative estimate of drug-likeness (QED) is 0.924. The highest BCUT2D eigenvalue weighted by molar-refractivity contribution is 5.81. The predicted molar refractivity (Wildman–Crippen MR) is 78.3 cm³/mol. The van der Waals surface area contributed by atoms with Gasteiger partial charge in [-0.15, -0.1) is 0 Å². The standard InChI is InChI=1S/C17H20N2O2/c18-10-14-16(12-6-2-1-3-7-12)15(11-20)19(14)17(21)13-8-4-5-9-13/h1-3,6-7,13-16,20H,4-5,8-9,11H2/t14-,15-,16-/m1/s1. The highest BCUT2D eigenvalue weighted by Crippen LogP contribution is 2.42. The molecule has 1 aromatic carbocycles. The molecule has 4 heteroatoms. The molecule has 1 saturated carbocycles. The molecule has 1 aliphatic carbocycles. The Bertz CT molecular complexity index is 546. The third-order valence-corrected chi connectivity index (χ3v) is 4.87. The van der Waals surface area contributed by atoms with E-state index in [2.05, 4.69) is 6.07 Å². The largest absolute Gasteiger partial charge is 0.394 e. The van der Waals surface area contributed by atoms with Crippen molar-refractivity contribution < 1.29 is 9.90 Å². The van der Waals surface area contributed by atoms with E-state index in [-0.39, 0.29) is 30.4 Å². The zero-order valence-corrected chi connectivity index (χ0v) is 12.0. The van der Waals surface area contributed by atoms with Gasteiger partial charge in [-0.1, -0.05) is 43.2 Å². The van der Waals surface area contributed by atoms with Crippen molar-refractivity contribution in [3.05, 3.63) is 35.9 Å². The van der Waals surface area contributed by atoms with Gasteiger partial charge in [0, 0.05) is 11.8 Å². The van der Waals surface area contributed by atoms with E-state index in [1.54, 1.807) is 4.90 Å². The summed E-state index contributed by atoms with van der Waals surface area (Å²) in [7, 11) is 0. The zero-order chi connectivity index (χ0) is 14.8. The monoisotopic (exact) mass is 284 g/mol. The summed E-state index contributed by atoms with van der Waals surface area (Å²) in [5.74, 6) is 0.0310. The van der Waals surface area contributed by atoms with Gasteiger partial charge in [-0.25, -0.2) is 0 Å². The van der Waals surface area contributed by atoms with Crippen molar-refractivity contribution >= 4 is 5.91 Å². The number of nitrogens with zero attached hydrogens (tertiary/aromatic N) is 2. The minimum absolute atomic E-state index is 0.0478. The van der Waals surface area contributed by atoms with Crippen molar-refractivity contribution in [2.24, 2.45) is 5.92 Å². The van der Waals surface area contributed by atoms with Crippen LogP contribution in [0.3, 0.4) is 0 Å². The summed E-state index contributed by atoms with van der Waals surface area (Å²) in [6.07, 6.45) is 4.02. The number of carbonyl (C=O) groups excluding carboxylic acids is 1. The Kier molecular flexibility index (Phi) is 3.94. The molecule has 3 atom stereocenters. The summed E-state index contributed by atoms with van der Waals surface area (Å²) < 4.78 is 0. The minimum atomic E-state index is -0.447. The fourth-order valence-electron chi connectivity index (χ4n) is 3.77. The van der Waals surface area contributed by atoms with Crippen LogP contribution >= 0.6 is 0 Å². The van der Waals surface area contributed by atoms with E-state index >= 15 is 0 Å². The van der Waals surface area contributed by atoms with E-state index in [1.807, 2.05) is 30.3 Å². The van der Waals surface area contributed by atoms with E-state index in [9.17, 15) is 15.2 Å². The number of rotatable bonds is 3. The van der Waals surface area contributed by atoms with E-state index in [4.69, 9.17) is 0 Å². The molecule has 0 unspecified atom stereocenters. The van der Waals surface area contributed by atoms with Crippen LogP contribution in [-0.2, 0) is 4.79 Å². The molecule has 1 amide bonds. The number of aliphatic hydroxyl groups excluding tert-OH is 1.